The van der Waals surface area contributed by atoms with E-state index in [9.17, 15) is 66.7 Å². The van der Waals surface area contributed by atoms with Crippen LogP contribution in [0.15, 0.2) is 12.1 Å². The molecule has 18 heteroatoms. The number of alkyl halides is 13. The van der Waals surface area contributed by atoms with Crippen molar-refractivity contribution in [2.24, 2.45) is 5.92 Å². The first-order valence-electron chi connectivity index (χ1n) is 13.9. The predicted octanol–water partition coefficient (Wildman–Crippen LogP) is 8.84. The Bertz CT molecular complexity index is 1250. The van der Waals surface area contributed by atoms with Crippen molar-refractivity contribution in [2.75, 3.05) is 19.0 Å². The van der Waals surface area contributed by atoms with Crippen molar-refractivity contribution < 1.29 is 71.4 Å². The average molecular weight is 709 g/mol. The van der Waals surface area contributed by atoms with E-state index in [2.05, 4.69) is 5.32 Å². The van der Waals surface area contributed by atoms with Gasteiger partial charge in [-0.05, 0) is 28.9 Å². The maximum Gasteiger partial charge on any atom is 0.460 e. The summed E-state index contributed by atoms with van der Waals surface area (Å²) in [4.78, 5) is 25.5. The highest BCUT2D eigenvalue weighted by Crippen LogP contribution is 2.60. The molecule has 0 fully saturated rings. The second-order valence-electron chi connectivity index (χ2n) is 13.4. The summed E-state index contributed by atoms with van der Waals surface area (Å²) >= 11 is 0. The van der Waals surface area contributed by atoms with Crippen molar-refractivity contribution in [3.8, 4) is 5.75 Å². The molecule has 1 aromatic carbocycles. The number of nitrogens with zero attached hydrogens (tertiary/aromatic N) is 1. The number of rotatable bonds is 13. The minimum absolute atomic E-state index is 0.117. The molecule has 0 radical (unpaired) electrons. The molecular weight excluding hydrogens is 671 g/mol. The molecule has 47 heavy (non-hydrogen) atoms. The van der Waals surface area contributed by atoms with Gasteiger partial charge in [-0.15, -0.1) is 0 Å². The molecule has 0 aromatic heterocycles. The molecule has 1 atom stereocenters. The van der Waals surface area contributed by atoms with Crippen molar-refractivity contribution in [2.45, 2.75) is 114 Å². The zero-order chi connectivity index (χ0) is 37.6. The number of likely N-dealkylation sites (N-methyl/N-ethyl adjacent to an activating group) is 1. The van der Waals surface area contributed by atoms with Gasteiger partial charge < -0.3 is 15.0 Å². The van der Waals surface area contributed by atoms with Gasteiger partial charge in [0.15, 0.2) is 0 Å². The highest BCUT2D eigenvalue weighted by Gasteiger charge is 2.90. The molecule has 0 aliphatic rings. The zero-order valence-corrected chi connectivity index (χ0v) is 26.9. The van der Waals surface area contributed by atoms with E-state index in [-0.39, 0.29) is 28.5 Å². The maximum absolute atomic E-state index is 14.5. The normalized spacial score (nSPS) is 15.0. The molecule has 0 aliphatic carbocycles. The molecule has 0 unspecified atom stereocenters. The first-order valence-corrected chi connectivity index (χ1v) is 13.9. The van der Waals surface area contributed by atoms with E-state index in [0.29, 0.717) is 6.41 Å². The van der Waals surface area contributed by atoms with Gasteiger partial charge in [-0.25, -0.2) is 0 Å². The van der Waals surface area contributed by atoms with Crippen LogP contribution < -0.4 is 10.1 Å². The van der Waals surface area contributed by atoms with E-state index in [4.69, 9.17) is 4.74 Å². The van der Waals surface area contributed by atoms with Crippen LogP contribution in [0.2, 0.25) is 0 Å². The summed E-state index contributed by atoms with van der Waals surface area (Å²) in [5, 5.41) is 2.63. The van der Waals surface area contributed by atoms with Crippen molar-refractivity contribution in [3.63, 3.8) is 0 Å². The highest BCUT2D eigenvalue weighted by molar-refractivity contribution is 5.96. The smallest absolute Gasteiger partial charge is 0.460 e. The minimum atomic E-state index is -7.99. The lowest BCUT2D eigenvalue weighted by atomic mass is 9.79. The van der Waals surface area contributed by atoms with Gasteiger partial charge >= 0.3 is 35.8 Å². The Labute approximate surface area is 263 Å². The summed E-state index contributed by atoms with van der Waals surface area (Å²) in [7, 11) is 1.37. The van der Waals surface area contributed by atoms with Crippen LogP contribution in [0.5, 0.6) is 5.75 Å². The van der Waals surface area contributed by atoms with Gasteiger partial charge in [0.1, 0.15) is 11.8 Å². The number of benzene rings is 1. The molecule has 0 spiro atoms. The van der Waals surface area contributed by atoms with Crippen LogP contribution in [0, 0.1) is 5.92 Å². The predicted molar refractivity (Wildman–Crippen MR) is 146 cm³/mol. The van der Waals surface area contributed by atoms with E-state index in [1.807, 2.05) is 0 Å². The Kier molecular flexibility index (Phi) is 11.8. The van der Waals surface area contributed by atoms with Gasteiger partial charge in [0.2, 0.25) is 12.3 Å². The lowest BCUT2D eigenvalue weighted by molar-refractivity contribution is -0.440. The Balaban J connectivity index is 3.61. The molecule has 0 aliphatic heterocycles. The van der Waals surface area contributed by atoms with E-state index >= 15 is 0 Å². The Morgan fingerprint density at radius 2 is 1.17 bits per heavy atom. The van der Waals surface area contributed by atoms with Gasteiger partial charge in [-0.3, -0.25) is 9.59 Å². The maximum atomic E-state index is 14.5. The van der Waals surface area contributed by atoms with Crippen LogP contribution in [0.4, 0.5) is 62.8 Å². The first-order chi connectivity index (χ1) is 20.6. The molecule has 0 heterocycles. The van der Waals surface area contributed by atoms with E-state index in [1.54, 1.807) is 55.4 Å². The molecule has 0 bridgehead atoms. The minimum Gasteiger partial charge on any atom is -0.493 e. The van der Waals surface area contributed by atoms with Crippen LogP contribution in [0.25, 0.3) is 0 Å². The number of halogens is 13. The fourth-order valence-corrected chi connectivity index (χ4v) is 4.45. The van der Waals surface area contributed by atoms with E-state index in [1.165, 1.54) is 19.2 Å². The topological polar surface area (TPSA) is 58.6 Å². The number of hydrogen-bond donors (Lipinski definition) is 1. The van der Waals surface area contributed by atoms with Gasteiger partial charge in [-0.1, -0.05) is 55.4 Å². The molecule has 1 rings (SSSR count). The third kappa shape index (κ3) is 8.03. The standard InChI is InChI=1S/C29H37F13N2O3/c1-15(2)19(44(9)14-45)21(46)43-16-12-17(22(3,4)5)20(18(13-16)23(6,7)8)47-11-10-24(30,31)25(32,33)26(34,35)27(36,37)28(38,39)29(40,41)42/h12-15,19H,10-11H2,1-9H3,(H,43,46)/t19-/m0/s1. The molecule has 1 aromatic rings. The molecule has 0 saturated carbocycles. The second-order valence-corrected chi connectivity index (χ2v) is 13.4. The molecule has 2 amide bonds. The van der Waals surface area contributed by atoms with Crippen molar-refractivity contribution >= 4 is 18.0 Å². The Morgan fingerprint density at radius 3 is 1.51 bits per heavy atom. The number of nitrogens with one attached hydrogen (secondary N) is 1. The number of ether oxygens (including phenoxy) is 1. The Morgan fingerprint density at radius 1 is 0.766 bits per heavy atom. The summed E-state index contributed by atoms with van der Waals surface area (Å²) in [6.45, 7) is 11.2. The van der Waals surface area contributed by atoms with Crippen molar-refractivity contribution in [1.82, 2.24) is 4.90 Å². The SMILES string of the molecule is CC(C)[C@@H](C(=O)Nc1cc(C(C)(C)C)c(OCCC(F)(F)C(F)(F)C(F)(F)C(F)(F)C(F)(F)C(F)(F)F)c(C(C)(C)C)c1)N(C)C=O. The van der Waals surface area contributed by atoms with Crippen LogP contribution in [0.3, 0.4) is 0 Å². The van der Waals surface area contributed by atoms with Crippen LogP contribution in [0.1, 0.15) is 72.9 Å². The summed E-state index contributed by atoms with van der Waals surface area (Å²) < 4.78 is 181. The summed E-state index contributed by atoms with van der Waals surface area (Å²) in [6.07, 6.45) is -9.59. The first kappa shape index (κ1) is 42.1. The number of hydrogen-bond acceptors (Lipinski definition) is 3. The Hall–Kier alpha value is -2.95. The molecular formula is C29H37F13N2O3. The number of carbonyl (C=O) groups excluding carboxylic acids is 2. The van der Waals surface area contributed by atoms with Gasteiger partial charge in [-0.2, -0.15) is 57.1 Å². The van der Waals surface area contributed by atoms with Crippen LogP contribution >= 0.6 is 0 Å². The third-order valence-electron chi connectivity index (χ3n) is 7.14. The summed E-state index contributed by atoms with van der Waals surface area (Å²) in [5.74, 6) is -38.7. The van der Waals surface area contributed by atoms with Gasteiger partial charge in [0, 0.05) is 23.9 Å². The van der Waals surface area contributed by atoms with Crippen LogP contribution in [-0.2, 0) is 20.4 Å². The van der Waals surface area contributed by atoms with Crippen molar-refractivity contribution in [3.05, 3.63) is 23.3 Å². The molecule has 0 saturated heterocycles. The fraction of sp³-hybridized carbons (Fsp3) is 0.724. The number of carbonyl (C=O) groups is 2. The number of amides is 2. The van der Waals surface area contributed by atoms with E-state index < -0.39 is 71.6 Å². The molecule has 5 nitrogen and oxygen atoms in total. The average Bonchev–Trinajstić information content (AvgIpc) is 2.86. The molecule has 1 N–H and O–H groups in total. The van der Waals surface area contributed by atoms with Crippen molar-refractivity contribution in [1.29, 1.82) is 0 Å². The zero-order valence-electron chi connectivity index (χ0n) is 26.9. The highest BCUT2D eigenvalue weighted by atomic mass is 19.4. The summed E-state index contributed by atoms with van der Waals surface area (Å²) in [6, 6.07) is 1.70. The number of anilines is 1. The third-order valence-corrected chi connectivity index (χ3v) is 7.14. The van der Waals surface area contributed by atoms with Gasteiger partial charge in [0.05, 0.1) is 13.0 Å². The lowest BCUT2D eigenvalue weighted by Crippen LogP contribution is -2.70. The molecule has 272 valence electrons. The lowest BCUT2D eigenvalue weighted by Gasteiger charge is -2.39. The van der Waals surface area contributed by atoms with Crippen LogP contribution in [-0.4, -0.2) is 72.7 Å². The largest absolute Gasteiger partial charge is 0.493 e. The van der Waals surface area contributed by atoms with E-state index in [0.717, 1.165) is 4.90 Å². The fourth-order valence-electron chi connectivity index (χ4n) is 4.45. The quantitative estimate of drug-likeness (QED) is 0.165. The monoisotopic (exact) mass is 708 g/mol. The second kappa shape index (κ2) is 13.2. The summed E-state index contributed by atoms with van der Waals surface area (Å²) in [5.41, 5.74) is -1.55. The van der Waals surface area contributed by atoms with Gasteiger partial charge in [0.25, 0.3) is 0 Å².